The van der Waals surface area contributed by atoms with Crippen molar-refractivity contribution < 1.29 is 18.8 Å². The number of hydrogen-bond donors (Lipinski definition) is 1. The summed E-state index contributed by atoms with van der Waals surface area (Å²) in [4.78, 5) is 36.4. The van der Waals surface area contributed by atoms with Crippen LogP contribution in [-0.2, 0) is 11.3 Å². The van der Waals surface area contributed by atoms with Gasteiger partial charge in [-0.25, -0.2) is 14.6 Å². The maximum Gasteiger partial charge on any atom is 0.438 e. The summed E-state index contributed by atoms with van der Waals surface area (Å²) < 4.78 is 16.5. The van der Waals surface area contributed by atoms with E-state index < -0.39 is 17.5 Å². The van der Waals surface area contributed by atoms with E-state index in [-0.39, 0.29) is 45.8 Å². The first-order chi connectivity index (χ1) is 15.8. The third kappa shape index (κ3) is 6.49. The highest BCUT2D eigenvalue weighted by Gasteiger charge is 2.27. The number of H-pyrrole nitrogens is 1. The molecule has 2 aromatic heterocycles. The van der Waals surface area contributed by atoms with E-state index in [0.717, 1.165) is 10.2 Å². The Hall–Kier alpha value is -2.63. The molecule has 1 amide bonds. The maximum absolute atomic E-state index is 12.9. The Morgan fingerprint density at radius 1 is 1.26 bits per heavy atom. The lowest BCUT2D eigenvalue weighted by atomic mass is 10.1. The normalized spacial score (nSPS) is 11.6. The third-order valence-electron chi connectivity index (χ3n) is 4.19. The van der Waals surface area contributed by atoms with E-state index in [1.54, 1.807) is 27.0 Å². The van der Waals surface area contributed by atoms with Crippen LogP contribution in [0.25, 0.3) is 0 Å². The number of rotatable bonds is 6. The summed E-state index contributed by atoms with van der Waals surface area (Å²) in [6.45, 7) is 8.98. The van der Waals surface area contributed by atoms with Crippen molar-refractivity contribution in [3.05, 3.63) is 54.9 Å². The fourth-order valence-electron chi connectivity index (χ4n) is 2.76. The average molecular weight is 575 g/mol. The molecule has 1 aromatic carbocycles. The number of aromatic nitrogens is 4. The molecule has 0 fully saturated rings. The molecule has 3 aromatic rings. The highest BCUT2D eigenvalue weighted by Crippen LogP contribution is 2.40. The van der Waals surface area contributed by atoms with Crippen LogP contribution in [0.4, 0.5) is 10.5 Å². The summed E-state index contributed by atoms with van der Waals surface area (Å²) in [6, 6.07) is 2.99. The Kier molecular flexibility index (Phi) is 7.89. The zero-order valence-corrected chi connectivity index (χ0v) is 22.1. The lowest BCUT2D eigenvalue weighted by molar-refractivity contribution is 0.0576. The van der Waals surface area contributed by atoms with Gasteiger partial charge in [-0.3, -0.25) is 14.4 Å². The molecule has 0 aliphatic carbocycles. The molecule has 0 bridgehead atoms. The van der Waals surface area contributed by atoms with Crippen LogP contribution in [0.2, 0.25) is 10.0 Å². The number of ether oxygens (including phenoxy) is 2. The molecule has 0 unspecified atom stereocenters. The van der Waals surface area contributed by atoms with Crippen LogP contribution in [-0.4, -0.2) is 31.8 Å². The lowest BCUT2D eigenvalue weighted by Crippen LogP contribution is -2.37. The van der Waals surface area contributed by atoms with Gasteiger partial charge in [0.2, 0.25) is 0 Å². The van der Waals surface area contributed by atoms with Crippen LogP contribution < -0.4 is 15.4 Å². The zero-order valence-electron chi connectivity index (χ0n) is 19.0. The molecule has 0 aliphatic heterocycles. The van der Waals surface area contributed by atoms with Gasteiger partial charge in [0.15, 0.2) is 11.6 Å². The molecular weight excluding hydrogens is 553 g/mol. The molecule has 0 spiro atoms. The second-order valence-corrected chi connectivity index (χ2v) is 10.2. The third-order valence-corrected chi connectivity index (χ3v) is 5.36. The van der Waals surface area contributed by atoms with Crippen molar-refractivity contribution in [3.8, 4) is 11.8 Å². The Morgan fingerprint density at radius 2 is 1.91 bits per heavy atom. The first-order valence-electron chi connectivity index (χ1n) is 10.1. The number of carbonyl (C=O) groups is 1. The number of hydrogen-bond acceptors (Lipinski definition) is 8. The number of aromatic amines is 1. The summed E-state index contributed by atoms with van der Waals surface area (Å²) in [7, 11) is 0. The topological polar surface area (TPSA) is 123 Å². The number of benzene rings is 1. The monoisotopic (exact) mass is 573 g/mol. The highest BCUT2D eigenvalue weighted by molar-refractivity contribution is 9.10. The predicted octanol–water partition coefficient (Wildman–Crippen LogP) is 6.08. The van der Waals surface area contributed by atoms with Crippen molar-refractivity contribution in [1.29, 1.82) is 0 Å². The lowest BCUT2D eigenvalue weighted by Gasteiger charge is -2.27. The van der Waals surface area contributed by atoms with Crippen molar-refractivity contribution in [2.75, 3.05) is 4.90 Å². The van der Waals surface area contributed by atoms with E-state index in [0.29, 0.717) is 0 Å². The van der Waals surface area contributed by atoms with E-state index >= 15 is 0 Å². The molecule has 0 radical (unpaired) electrons. The summed E-state index contributed by atoms with van der Waals surface area (Å²) in [5, 5.41) is 3.80. The Balaban J connectivity index is 1.96. The zero-order chi connectivity index (χ0) is 25.2. The average Bonchev–Trinajstić information content (AvgIpc) is 3.13. The standard InChI is InChI=1S/C21H22BrCl2N5O5/c1-10(2)16-12(22)8-25-18(27-16)32-17-13(23)6-11(7-14(17)24)29(20(31)33-21(3,4)5)9-15-26-19(30)34-28-15/h6-8,10H,9H2,1-5H3,(H,26,28,30). The number of halogens is 3. The summed E-state index contributed by atoms with van der Waals surface area (Å²) in [5.74, 6) is -0.413. The number of amides is 1. The van der Waals surface area contributed by atoms with E-state index in [1.807, 2.05) is 13.8 Å². The van der Waals surface area contributed by atoms with Crippen molar-refractivity contribution >= 4 is 50.9 Å². The number of nitrogens with zero attached hydrogens (tertiary/aromatic N) is 4. The first-order valence-corrected chi connectivity index (χ1v) is 11.6. The fourth-order valence-corrected chi connectivity index (χ4v) is 3.97. The summed E-state index contributed by atoms with van der Waals surface area (Å²) in [6.07, 6.45) is 0.867. The smallest absolute Gasteiger partial charge is 0.438 e. The second-order valence-electron chi connectivity index (χ2n) is 8.49. The molecule has 0 atom stereocenters. The molecule has 0 saturated carbocycles. The van der Waals surface area contributed by atoms with E-state index in [1.165, 1.54) is 17.0 Å². The van der Waals surface area contributed by atoms with Gasteiger partial charge in [0, 0.05) is 6.20 Å². The van der Waals surface area contributed by atoms with Gasteiger partial charge in [-0.05, 0) is 54.8 Å². The van der Waals surface area contributed by atoms with Crippen molar-refractivity contribution in [3.63, 3.8) is 0 Å². The Bertz CT molecular complexity index is 1230. The number of nitrogens with one attached hydrogen (secondary N) is 1. The second kappa shape index (κ2) is 10.3. The molecule has 0 saturated heterocycles. The molecular formula is C21H22BrCl2N5O5. The van der Waals surface area contributed by atoms with Crippen molar-refractivity contribution in [1.82, 2.24) is 20.1 Å². The molecule has 1 N–H and O–H groups in total. The number of anilines is 1. The van der Waals surface area contributed by atoms with Crippen LogP contribution in [0.15, 0.2) is 32.1 Å². The van der Waals surface area contributed by atoms with Crippen LogP contribution in [0, 0.1) is 0 Å². The minimum Gasteiger partial charge on any atom is -0.443 e. The van der Waals surface area contributed by atoms with Gasteiger partial charge in [0.25, 0.3) is 0 Å². The van der Waals surface area contributed by atoms with Gasteiger partial charge < -0.3 is 9.47 Å². The molecule has 182 valence electrons. The highest BCUT2D eigenvalue weighted by atomic mass is 79.9. The SMILES string of the molecule is CC(C)c1nc(Oc2c(Cl)cc(N(Cc3noc(=O)[nH]3)C(=O)OC(C)(C)C)cc2Cl)ncc1Br. The minimum atomic E-state index is -0.781. The minimum absolute atomic E-state index is 0.0626. The largest absolute Gasteiger partial charge is 0.443 e. The van der Waals surface area contributed by atoms with Crippen LogP contribution >= 0.6 is 39.1 Å². The van der Waals surface area contributed by atoms with E-state index in [2.05, 4.69) is 40.6 Å². The predicted molar refractivity (Wildman–Crippen MR) is 130 cm³/mol. The summed E-state index contributed by atoms with van der Waals surface area (Å²) in [5.41, 5.74) is 0.252. The van der Waals surface area contributed by atoms with Gasteiger partial charge in [0.05, 0.1) is 32.4 Å². The van der Waals surface area contributed by atoms with Gasteiger partial charge >= 0.3 is 17.9 Å². The quantitative estimate of drug-likeness (QED) is 0.375. The van der Waals surface area contributed by atoms with Gasteiger partial charge in [-0.15, -0.1) is 0 Å². The maximum atomic E-state index is 12.9. The van der Waals surface area contributed by atoms with Gasteiger partial charge in [0.1, 0.15) is 5.60 Å². The molecule has 2 heterocycles. The molecule has 13 heteroatoms. The fraction of sp³-hybridized carbons (Fsp3) is 0.381. The van der Waals surface area contributed by atoms with Crippen LogP contribution in [0.1, 0.15) is 52.1 Å². The first kappa shape index (κ1) is 26.0. The molecule has 3 rings (SSSR count). The van der Waals surface area contributed by atoms with Gasteiger partial charge in [-0.2, -0.15) is 4.98 Å². The van der Waals surface area contributed by atoms with E-state index in [9.17, 15) is 9.59 Å². The number of carbonyl (C=O) groups excluding carboxylic acids is 1. The Morgan fingerprint density at radius 3 is 2.44 bits per heavy atom. The van der Waals surface area contributed by atoms with Crippen LogP contribution in [0.5, 0.6) is 11.8 Å². The molecule has 10 nitrogen and oxygen atoms in total. The Labute approximate surface area is 213 Å². The molecule has 34 heavy (non-hydrogen) atoms. The van der Waals surface area contributed by atoms with Crippen molar-refractivity contribution in [2.45, 2.75) is 52.7 Å². The van der Waals surface area contributed by atoms with E-state index in [4.69, 9.17) is 32.7 Å². The summed E-state index contributed by atoms with van der Waals surface area (Å²) >= 11 is 16.3. The van der Waals surface area contributed by atoms with Gasteiger partial charge in [-0.1, -0.05) is 42.2 Å². The van der Waals surface area contributed by atoms with Crippen molar-refractivity contribution in [2.24, 2.45) is 0 Å². The van der Waals surface area contributed by atoms with Crippen LogP contribution in [0.3, 0.4) is 0 Å². The molecule has 0 aliphatic rings.